The van der Waals surface area contributed by atoms with Gasteiger partial charge in [0.25, 0.3) is 5.91 Å². The Bertz CT molecular complexity index is 1360. The lowest BCUT2D eigenvalue weighted by Crippen LogP contribution is -2.36. The largest absolute Gasteiger partial charge is 0.493 e. The topological polar surface area (TPSA) is 95.0 Å². The molecule has 6 rings (SSSR count). The van der Waals surface area contributed by atoms with E-state index in [4.69, 9.17) is 18.9 Å². The lowest BCUT2D eigenvalue weighted by atomic mass is 10.1. The minimum Gasteiger partial charge on any atom is -0.493 e. The maximum Gasteiger partial charge on any atom is 0.261 e. The molecule has 1 amide bonds. The SMILES string of the molecule is O=C(Nc1nc2ccc3scnc3c2s1)c1cc2c(cc1OCCCCN1CCOCC1)OCO2. The first-order valence-corrected chi connectivity index (χ1v) is 13.2. The number of anilines is 1. The molecule has 182 valence electrons. The van der Waals surface area contributed by atoms with Crippen LogP contribution >= 0.6 is 22.7 Å². The molecule has 0 saturated carbocycles. The molecule has 0 unspecified atom stereocenters. The number of fused-ring (bicyclic) bond motifs is 4. The van der Waals surface area contributed by atoms with Crippen LogP contribution in [0.15, 0.2) is 29.8 Å². The van der Waals surface area contributed by atoms with Crippen molar-refractivity contribution in [3.8, 4) is 17.2 Å². The van der Waals surface area contributed by atoms with Crippen molar-refractivity contribution in [2.24, 2.45) is 0 Å². The lowest BCUT2D eigenvalue weighted by Gasteiger charge is -2.26. The summed E-state index contributed by atoms with van der Waals surface area (Å²) in [5.41, 5.74) is 3.93. The predicted molar refractivity (Wildman–Crippen MR) is 135 cm³/mol. The molecule has 1 N–H and O–H groups in total. The minimum absolute atomic E-state index is 0.126. The van der Waals surface area contributed by atoms with Crippen LogP contribution in [0.5, 0.6) is 17.2 Å². The summed E-state index contributed by atoms with van der Waals surface area (Å²) in [6, 6.07) is 7.36. The van der Waals surface area contributed by atoms with Gasteiger partial charge in [-0.2, -0.15) is 0 Å². The Hall–Kier alpha value is -2.99. The predicted octanol–water partition coefficient (Wildman–Crippen LogP) is 4.38. The average molecular weight is 513 g/mol. The molecule has 9 nitrogen and oxygen atoms in total. The monoisotopic (exact) mass is 512 g/mol. The van der Waals surface area contributed by atoms with Crippen LogP contribution in [-0.2, 0) is 4.74 Å². The maximum absolute atomic E-state index is 13.3. The average Bonchev–Trinajstić information content (AvgIpc) is 3.62. The van der Waals surface area contributed by atoms with Gasteiger partial charge < -0.3 is 18.9 Å². The zero-order valence-electron chi connectivity index (χ0n) is 19.0. The maximum atomic E-state index is 13.3. The quantitative estimate of drug-likeness (QED) is 0.348. The zero-order valence-corrected chi connectivity index (χ0v) is 20.6. The molecule has 4 aromatic rings. The van der Waals surface area contributed by atoms with Crippen LogP contribution in [-0.4, -0.2) is 67.0 Å². The fraction of sp³-hybridized carbons (Fsp3) is 0.375. The summed E-state index contributed by atoms with van der Waals surface area (Å²) < 4.78 is 24.5. The van der Waals surface area contributed by atoms with Gasteiger partial charge >= 0.3 is 0 Å². The van der Waals surface area contributed by atoms with E-state index >= 15 is 0 Å². The number of benzene rings is 2. The fourth-order valence-corrected chi connectivity index (χ4v) is 5.90. The molecule has 2 aromatic heterocycles. The van der Waals surface area contributed by atoms with Crippen LogP contribution in [0, 0.1) is 0 Å². The van der Waals surface area contributed by atoms with E-state index in [0.29, 0.717) is 34.6 Å². The Morgan fingerprint density at radius 1 is 1.14 bits per heavy atom. The fourth-order valence-electron chi connectivity index (χ4n) is 4.20. The molecule has 2 aliphatic heterocycles. The van der Waals surface area contributed by atoms with Gasteiger partial charge in [-0.3, -0.25) is 15.0 Å². The van der Waals surface area contributed by atoms with E-state index < -0.39 is 0 Å². The Labute approximate surface area is 209 Å². The van der Waals surface area contributed by atoms with Gasteiger partial charge in [-0.05, 0) is 31.5 Å². The first-order chi connectivity index (χ1) is 17.2. The molecule has 0 radical (unpaired) electrons. The third-order valence-corrected chi connectivity index (χ3v) is 7.81. The molecular formula is C24H24N4O5S2. The Kier molecular flexibility index (Phi) is 6.38. The summed E-state index contributed by atoms with van der Waals surface area (Å²) >= 11 is 3.00. The highest BCUT2D eigenvalue weighted by atomic mass is 32.1. The third-order valence-electron chi connectivity index (χ3n) is 6.03. The van der Waals surface area contributed by atoms with E-state index in [2.05, 4.69) is 20.2 Å². The van der Waals surface area contributed by atoms with E-state index in [-0.39, 0.29) is 12.7 Å². The number of nitrogens with zero attached hydrogens (tertiary/aromatic N) is 3. The van der Waals surface area contributed by atoms with Crippen molar-refractivity contribution in [3.63, 3.8) is 0 Å². The number of carbonyl (C=O) groups is 1. The van der Waals surface area contributed by atoms with Crippen LogP contribution in [0.25, 0.3) is 20.4 Å². The van der Waals surface area contributed by atoms with Gasteiger partial charge in [0.05, 0.1) is 45.8 Å². The number of amides is 1. The molecule has 0 atom stereocenters. The van der Waals surface area contributed by atoms with Crippen molar-refractivity contribution in [2.45, 2.75) is 12.8 Å². The van der Waals surface area contributed by atoms with Gasteiger partial charge in [-0.1, -0.05) is 11.3 Å². The van der Waals surface area contributed by atoms with Crippen LogP contribution in [0.1, 0.15) is 23.2 Å². The van der Waals surface area contributed by atoms with Crippen LogP contribution in [0.4, 0.5) is 5.13 Å². The highest BCUT2D eigenvalue weighted by molar-refractivity contribution is 7.24. The number of ether oxygens (including phenoxy) is 4. The molecule has 35 heavy (non-hydrogen) atoms. The van der Waals surface area contributed by atoms with E-state index in [0.717, 1.165) is 66.1 Å². The van der Waals surface area contributed by atoms with Gasteiger partial charge in [0.1, 0.15) is 11.3 Å². The van der Waals surface area contributed by atoms with Gasteiger partial charge in [-0.25, -0.2) is 9.97 Å². The molecule has 0 spiro atoms. The standard InChI is InChI=1S/C24H24N4O5S2/c29-23(27-24-26-16-3-4-20-21(22(16)35-24)25-13-34-20)15-11-18-19(33-14-32-18)12-17(15)31-8-2-1-5-28-6-9-30-10-7-28/h3-4,11-13H,1-2,5-10,14H2,(H,26,27,29). The molecule has 0 aliphatic carbocycles. The van der Waals surface area contributed by atoms with Crippen molar-refractivity contribution < 1.29 is 23.7 Å². The van der Waals surface area contributed by atoms with Gasteiger partial charge in [0, 0.05) is 25.2 Å². The number of hydrogen-bond acceptors (Lipinski definition) is 10. The molecule has 4 heterocycles. The van der Waals surface area contributed by atoms with Gasteiger partial charge in [-0.15, -0.1) is 11.3 Å². The smallest absolute Gasteiger partial charge is 0.261 e. The number of carbonyl (C=O) groups excluding carboxylic acids is 1. The first-order valence-electron chi connectivity index (χ1n) is 11.6. The number of aromatic nitrogens is 2. The van der Waals surface area contributed by atoms with Crippen molar-refractivity contribution in [1.82, 2.24) is 14.9 Å². The van der Waals surface area contributed by atoms with Crippen LogP contribution < -0.4 is 19.5 Å². The van der Waals surface area contributed by atoms with Crippen molar-refractivity contribution in [2.75, 3.05) is 51.6 Å². The summed E-state index contributed by atoms with van der Waals surface area (Å²) in [5.74, 6) is 1.28. The second kappa shape index (κ2) is 9.94. The zero-order chi connectivity index (χ0) is 23.6. The third kappa shape index (κ3) is 4.76. The highest BCUT2D eigenvalue weighted by Gasteiger charge is 2.23. The molecule has 2 aromatic carbocycles. The summed E-state index contributed by atoms with van der Waals surface area (Å²) in [7, 11) is 0. The minimum atomic E-state index is -0.305. The summed E-state index contributed by atoms with van der Waals surface area (Å²) in [6.45, 7) is 5.21. The van der Waals surface area contributed by atoms with Crippen LogP contribution in [0.3, 0.4) is 0 Å². The summed E-state index contributed by atoms with van der Waals surface area (Å²) in [4.78, 5) is 24.7. The van der Waals surface area contributed by atoms with Crippen molar-refractivity contribution in [1.29, 1.82) is 0 Å². The number of morpholine rings is 1. The molecule has 0 bridgehead atoms. The summed E-state index contributed by atoms with van der Waals surface area (Å²) in [5, 5.41) is 3.44. The first kappa shape index (κ1) is 22.5. The Morgan fingerprint density at radius 2 is 2.00 bits per heavy atom. The molecule has 11 heteroatoms. The van der Waals surface area contributed by atoms with Crippen molar-refractivity contribution in [3.05, 3.63) is 35.3 Å². The number of rotatable bonds is 8. The highest BCUT2D eigenvalue weighted by Crippen LogP contribution is 2.39. The van der Waals surface area contributed by atoms with E-state index in [1.165, 1.54) is 11.3 Å². The number of unbranched alkanes of at least 4 members (excludes halogenated alkanes) is 1. The van der Waals surface area contributed by atoms with E-state index in [9.17, 15) is 4.79 Å². The van der Waals surface area contributed by atoms with Crippen LogP contribution in [0.2, 0.25) is 0 Å². The van der Waals surface area contributed by atoms with Crippen molar-refractivity contribution >= 4 is 54.1 Å². The van der Waals surface area contributed by atoms with Gasteiger partial charge in [0.2, 0.25) is 6.79 Å². The number of hydrogen-bond donors (Lipinski definition) is 1. The Morgan fingerprint density at radius 3 is 2.89 bits per heavy atom. The van der Waals surface area contributed by atoms with E-state index in [1.807, 2.05) is 17.6 Å². The molecule has 1 fully saturated rings. The number of thiazole rings is 2. The lowest BCUT2D eigenvalue weighted by molar-refractivity contribution is 0.0368. The van der Waals surface area contributed by atoms with E-state index in [1.54, 1.807) is 23.5 Å². The van der Waals surface area contributed by atoms with Gasteiger partial charge in [0.15, 0.2) is 16.6 Å². The molecule has 2 aliphatic rings. The molecular weight excluding hydrogens is 488 g/mol. The summed E-state index contributed by atoms with van der Waals surface area (Å²) in [6.07, 6.45) is 1.90. The second-order valence-electron chi connectivity index (χ2n) is 8.30. The second-order valence-corrected chi connectivity index (χ2v) is 10.2. The Balaban J connectivity index is 1.15. The number of nitrogens with one attached hydrogen (secondary N) is 1. The molecule has 1 saturated heterocycles. The normalized spacial score (nSPS) is 15.7.